The lowest BCUT2D eigenvalue weighted by Gasteiger charge is -2.09. The summed E-state index contributed by atoms with van der Waals surface area (Å²) in [5.41, 5.74) is 0.809. The van der Waals surface area contributed by atoms with Crippen molar-refractivity contribution in [3.05, 3.63) is 52.5 Å². The van der Waals surface area contributed by atoms with E-state index in [9.17, 15) is 14.4 Å². The van der Waals surface area contributed by atoms with Crippen LogP contribution in [-0.2, 0) is 14.4 Å². The monoisotopic (exact) mass is 395 g/mol. The molecular formula is C17H15Cl2N3O4. The Morgan fingerprint density at radius 2 is 1.65 bits per heavy atom. The van der Waals surface area contributed by atoms with Gasteiger partial charge < -0.3 is 20.7 Å². The van der Waals surface area contributed by atoms with Crippen molar-refractivity contribution in [3.63, 3.8) is 0 Å². The zero-order valence-electron chi connectivity index (χ0n) is 13.6. The number of anilines is 2. The molecule has 7 nitrogen and oxygen atoms in total. The van der Waals surface area contributed by atoms with Gasteiger partial charge in [-0.1, -0.05) is 29.3 Å². The van der Waals surface area contributed by atoms with E-state index < -0.39 is 17.7 Å². The van der Waals surface area contributed by atoms with Crippen LogP contribution in [0.3, 0.4) is 0 Å². The normalized spacial score (nSPS) is 9.96. The summed E-state index contributed by atoms with van der Waals surface area (Å²) >= 11 is 11.6. The molecule has 0 heterocycles. The highest BCUT2D eigenvalue weighted by atomic mass is 35.5. The van der Waals surface area contributed by atoms with Crippen molar-refractivity contribution in [1.29, 1.82) is 0 Å². The van der Waals surface area contributed by atoms with E-state index in [1.807, 2.05) is 0 Å². The summed E-state index contributed by atoms with van der Waals surface area (Å²) in [6.07, 6.45) is 0. The van der Waals surface area contributed by atoms with Crippen molar-refractivity contribution in [2.24, 2.45) is 0 Å². The molecule has 0 aliphatic heterocycles. The van der Waals surface area contributed by atoms with E-state index in [0.29, 0.717) is 22.1 Å². The highest BCUT2D eigenvalue weighted by molar-refractivity contribution is 6.43. The molecule has 0 bridgehead atoms. The summed E-state index contributed by atoms with van der Waals surface area (Å²) in [6, 6.07) is 11.1. The summed E-state index contributed by atoms with van der Waals surface area (Å²) in [5.74, 6) is -1.81. The fraction of sp³-hybridized carbons (Fsp3) is 0.118. The lowest BCUT2D eigenvalue weighted by Crippen LogP contribution is -2.39. The fourth-order valence-electron chi connectivity index (χ4n) is 1.91. The van der Waals surface area contributed by atoms with Crippen LogP contribution < -0.4 is 20.7 Å². The molecule has 0 fully saturated rings. The Hall–Kier alpha value is -2.77. The standard InChI is InChI=1S/C17H15Cl2N3O4/c1-26-12-4-2-3-10(7-12)21-15(23)9-20-16(24)17(25)22-11-5-6-13(18)14(19)8-11/h2-8H,9H2,1H3,(H,20,24)(H,21,23)(H,22,25). The summed E-state index contributed by atoms with van der Waals surface area (Å²) in [5, 5.41) is 7.72. The third kappa shape index (κ3) is 5.65. The molecule has 0 saturated carbocycles. The molecule has 9 heteroatoms. The first-order valence-electron chi connectivity index (χ1n) is 7.37. The van der Waals surface area contributed by atoms with Gasteiger partial charge in [-0.15, -0.1) is 0 Å². The number of carbonyl (C=O) groups excluding carboxylic acids is 3. The molecule has 0 unspecified atom stereocenters. The second-order valence-electron chi connectivity index (χ2n) is 5.05. The molecule has 2 rings (SSSR count). The molecular weight excluding hydrogens is 381 g/mol. The quantitative estimate of drug-likeness (QED) is 0.678. The Kier molecular flexibility index (Phi) is 6.82. The third-order valence-corrected chi connectivity index (χ3v) is 3.89. The van der Waals surface area contributed by atoms with Crippen LogP contribution >= 0.6 is 23.2 Å². The van der Waals surface area contributed by atoms with E-state index >= 15 is 0 Å². The van der Waals surface area contributed by atoms with E-state index in [1.165, 1.54) is 25.3 Å². The van der Waals surface area contributed by atoms with Crippen LogP contribution in [-0.4, -0.2) is 31.4 Å². The molecule has 0 aliphatic carbocycles. The Balaban J connectivity index is 1.83. The lowest BCUT2D eigenvalue weighted by molar-refractivity contribution is -0.136. The number of carbonyl (C=O) groups is 3. The van der Waals surface area contributed by atoms with Crippen molar-refractivity contribution in [2.75, 3.05) is 24.3 Å². The van der Waals surface area contributed by atoms with Gasteiger partial charge in [-0.2, -0.15) is 0 Å². The Morgan fingerprint density at radius 1 is 0.923 bits per heavy atom. The molecule has 0 aliphatic rings. The number of halogens is 2. The Labute approximate surface area is 159 Å². The van der Waals surface area contributed by atoms with Crippen LogP contribution in [0.2, 0.25) is 10.0 Å². The second kappa shape index (κ2) is 9.07. The Bertz CT molecular complexity index is 843. The zero-order chi connectivity index (χ0) is 19.1. The largest absolute Gasteiger partial charge is 0.497 e. The van der Waals surface area contributed by atoms with Crippen LogP contribution in [0.25, 0.3) is 0 Å². The maximum atomic E-state index is 11.8. The highest BCUT2D eigenvalue weighted by Crippen LogP contribution is 2.24. The number of amides is 3. The van der Waals surface area contributed by atoms with Crippen LogP contribution in [0.15, 0.2) is 42.5 Å². The topological polar surface area (TPSA) is 96.5 Å². The average Bonchev–Trinajstić information content (AvgIpc) is 2.62. The van der Waals surface area contributed by atoms with Gasteiger partial charge in [-0.05, 0) is 30.3 Å². The van der Waals surface area contributed by atoms with Crippen molar-refractivity contribution in [1.82, 2.24) is 5.32 Å². The van der Waals surface area contributed by atoms with Crippen LogP contribution in [0, 0.1) is 0 Å². The van der Waals surface area contributed by atoms with Gasteiger partial charge in [-0.3, -0.25) is 14.4 Å². The maximum absolute atomic E-state index is 11.8. The lowest BCUT2D eigenvalue weighted by atomic mass is 10.3. The third-order valence-electron chi connectivity index (χ3n) is 3.15. The van der Waals surface area contributed by atoms with Gasteiger partial charge in [0.15, 0.2) is 0 Å². The predicted octanol–water partition coefficient (Wildman–Crippen LogP) is 2.70. The molecule has 0 saturated heterocycles. The van der Waals surface area contributed by atoms with Crippen molar-refractivity contribution in [3.8, 4) is 5.75 Å². The molecule has 136 valence electrons. The van der Waals surface area contributed by atoms with Gasteiger partial charge in [0.25, 0.3) is 0 Å². The van der Waals surface area contributed by atoms with Gasteiger partial charge >= 0.3 is 11.8 Å². The van der Waals surface area contributed by atoms with Crippen LogP contribution in [0.5, 0.6) is 5.75 Å². The van der Waals surface area contributed by atoms with Crippen molar-refractivity contribution >= 4 is 52.3 Å². The minimum atomic E-state index is -0.961. The molecule has 26 heavy (non-hydrogen) atoms. The first-order chi connectivity index (χ1) is 12.4. The Morgan fingerprint density at radius 3 is 2.35 bits per heavy atom. The molecule has 0 aromatic heterocycles. The minimum absolute atomic E-state index is 0.238. The molecule has 2 aromatic rings. The SMILES string of the molecule is COc1cccc(NC(=O)CNC(=O)C(=O)Nc2ccc(Cl)c(Cl)c2)c1. The van der Waals surface area contributed by atoms with E-state index in [4.69, 9.17) is 27.9 Å². The predicted molar refractivity (Wildman–Crippen MR) is 99.7 cm³/mol. The van der Waals surface area contributed by atoms with Gasteiger partial charge in [0.2, 0.25) is 5.91 Å². The first kappa shape index (κ1) is 19.6. The molecule has 0 radical (unpaired) electrons. The number of hydrogen-bond acceptors (Lipinski definition) is 4. The number of rotatable bonds is 5. The second-order valence-corrected chi connectivity index (χ2v) is 5.86. The molecule has 0 spiro atoms. The van der Waals surface area contributed by atoms with Crippen molar-refractivity contribution in [2.45, 2.75) is 0 Å². The first-order valence-corrected chi connectivity index (χ1v) is 8.13. The van der Waals surface area contributed by atoms with E-state index in [-0.39, 0.29) is 11.6 Å². The molecule has 2 aromatic carbocycles. The molecule has 0 atom stereocenters. The number of hydrogen-bond donors (Lipinski definition) is 3. The highest BCUT2D eigenvalue weighted by Gasteiger charge is 2.15. The fourth-order valence-corrected chi connectivity index (χ4v) is 2.21. The molecule has 3 N–H and O–H groups in total. The number of nitrogens with one attached hydrogen (secondary N) is 3. The summed E-state index contributed by atoms with van der Waals surface area (Å²) in [7, 11) is 1.51. The summed E-state index contributed by atoms with van der Waals surface area (Å²) in [6.45, 7) is -0.370. The van der Waals surface area contributed by atoms with E-state index in [2.05, 4.69) is 16.0 Å². The van der Waals surface area contributed by atoms with E-state index in [1.54, 1.807) is 24.3 Å². The molecule has 3 amide bonds. The minimum Gasteiger partial charge on any atom is -0.497 e. The maximum Gasteiger partial charge on any atom is 0.313 e. The smallest absolute Gasteiger partial charge is 0.313 e. The average molecular weight is 396 g/mol. The number of benzene rings is 2. The van der Waals surface area contributed by atoms with Gasteiger partial charge in [0.05, 0.1) is 23.7 Å². The summed E-state index contributed by atoms with van der Waals surface area (Å²) in [4.78, 5) is 35.4. The van der Waals surface area contributed by atoms with Gasteiger partial charge in [0, 0.05) is 17.4 Å². The van der Waals surface area contributed by atoms with Gasteiger partial charge in [0.1, 0.15) is 5.75 Å². The van der Waals surface area contributed by atoms with Crippen LogP contribution in [0.1, 0.15) is 0 Å². The van der Waals surface area contributed by atoms with Crippen molar-refractivity contribution < 1.29 is 19.1 Å². The zero-order valence-corrected chi connectivity index (χ0v) is 15.1. The number of ether oxygens (including phenoxy) is 1. The van der Waals surface area contributed by atoms with Gasteiger partial charge in [-0.25, -0.2) is 0 Å². The summed E-state index contributed by atoms with van der Waals surface area (Å²) < 4.78 is 5.05. The van der Waals surface area contributed by atoms with E-state index in [0.717, 1.165) is 0 Å². The number of methoxy groups -OCH3 is 1. The van der Waals surface area contributed by atoms with Crippen LogP contribution in [0.4, 0.5) is 11.4 Å².